The van der Waals surface area contributed by atoms with Gasteiger partial charge in [0.2, 0.25) is 0 Å². The van der Waals surface area contributed by atoms with Gasteiger partial charge in [-0.2, -0.15) is 0 Å². The molecule has 0 aliphatic carbocycles. The van der Waals surface area contributed by atoms with Gasteiger partial charge in [0, 0.05) is 29.5 Å². The number of likely N-dealkylation sites (tertiary alicyclic amines) is 1. The minimum atomic E-state index is 0.0515. The van der Waals surface area contributed by atoms with Crippen LogP contribution in [0, 0.1) is 5.92 Å². The van der Waals surface area contributed by atoms with E-state index in [0.717, 1.165) is 17.7 Å². The van der Waals surface area contributed by atoms with E-state index in [9.17, 15) is 4.79 Å². The average molecular weight is 293 g/mol. The SMILES string of the molecule is CSc1ccc(C(=O)N2CCC(C(N)=NO)CC2)cc1. The Hall–Kier alpha value is -1.69. The van der Waals surface area contributed by atoms with Gasteiger partial charge in [0.1, 0.15) is 5.84 Å². The number of thioether (sulfide) groups is 1. The third-order valence-electron chi connectivity index (χ3n) is 3.65. The summed E-state index contributed by atoms with van der Waals surface area (Å²) in [6, 6.07) is 7.65. The first kappa shape index (κ1) is 14.7. The largest absolute Gasteiger partial charge is 0.409 e. The number of nitrogens with zero attached hydrogens (tertiary/aromatic N) is 2. The van der Waals surface area contributed by atoms with Gasteiger partial charge in [-0.05, 0) is 43.4 Å². The summed E-state index contributed by atoms with van der Waals surface area (Å²) < 4.78 is 0. The molecule has 2 rings (SSSR count). The van der Waals surface area contributed by atoms with Crippen LogP contribution >= 0.6 is 11.8 Å². The predicted octanol–water partition coefficient (Wildman–Crippen LogP) is 2.01. The maximum Gasteiger partial charge on any atom is 0.253 e. The fourth-order valence-electron chi connectivity index (χ4n) is 2.38. The van der Waals surface area contributed by atoms with E-state index in [1.54, 1.807) is 11.8 Å². The Labute approximate surface area is 122 Å². The highest BCUT2D eigenvalue weighted by Gasteiger charge is 2.25. The van der Waals surface area contributed by atoms with E-state index in [1.807, 2.05) is 35.4 Å². The van der Waals surface area contributed by atoms with Crippen LogP contribution in [-0.4, -0.2) is 41.2 Å². The van der Waals surface area contributed by atoms with Gasteiger partial charge in [0.15, 0.2) is 0 Å². The number of amides is 1. The van der Waals surface area contributed by atoms with Gasteiger partial charge in [-0.1, -0.05) is 5.16 Å². The summed E-state index contributed by atoms with van der Waals surface area (Å²) in [5.74, 6) is 0.389. The number of carbonyl (C=O) groups is 1. The second-order valence-electron chi connectivity index (χ2n) is 4.82. The lowest BCUT2D eigenvalue weighted by molar-refractivity contribution is 0.0709. The fourth-order valence-corrected chi connectivity index (χ4v) is 2.78. The van der Waals surface area contributed by atoms with E-state index >= 15 is 0 Å². The summed E-state index contributed by atoms with van der Waals surface area (Å²) in [5.41, 5.74) is 6.32. The molecule has 1 aliphatic heterocycles. The van der Waals surface area contributed by atoms with Crippen molar-refractivity contribution >= 4 is 23.5 Å². The summed E-state index contributed by atoms with van der Waals surface area (Å²) in [4.78, 5) is 15.3. The Morgan fingerprint density at radius 1 is 1.35 bits per heavy atom. The number of hydrogen-bond acceptors (Lipinski definition) is 4. The van der Waals surface area contributed by atoms with Crippen molar-refractivity contribution in [2.45, 2.75) is 17.7 Å². The van der Waals surface area contributed by atoms with Gasteiger partial charge < -0.3 is 15.8 Å². The lowest BCUT2D eigenvalue weighted by atomic mass is 9.95. The van der Waals surface area contributed by atoms with Gasteiger partial charge in [-0.25, -0.2) is 0 Å². The van der Waals surface area contributed by atoms with Gasteiger partial charge in [-0.3, -0.25) is 4.79 Å². The van der Waals surface area contributed by atoms with Crippen LogP contribution in [0.4, 0.5) is 0 Å². The smallest absolute Gasteiger partial charge is 0.253 e. The number of rotatable bonds is 3. The normalized spacial score (nSPS) is 17.2. The van der Waals surface area contributed by atoms with Crippen LogP contribution in [0.1, 0.15) is 23.2 Å². The quantitative estimate of drug-likeness (QED) is 0.294. The lowest BCUT2D eigenvalue weighted by Crippen LogP contribution is -2.41. The van der Waals surface area contributed by atoms with Crippen LogP contribution in [0.3, 0.4) is 0 Å². The molecule has 1 aromatic carbocycles. The predicted molar refractivity (Wildman–Crippen MR) is 80.3 cm³/mol. The molecule has 1 heterocycles. The first-order valence-electron chi connectivity index (χ1n) is 6.56. The molecule has 0 atom stereocenters. The van der Waals surface area contributed by atoms with E-state index in [2.05, 4.69) is 5.16 Å². The molecule has 0 unspecified atom stereocenters. The van der Waals surface area contributed by atoms with E-state index < -0.39 is 0 Å². The Morgan fingerprint density at radius 2 is 1.95 bits per heavy atom. The number of piperidine rings is 1. The summed E-state index contributed by atoms with van der Waals surface area (Å²) in [7, 11) is 0. The van der Waals surface area contributed by atoms with E-state index in [0.29, 0.717) is 18.7 Å². The summed E-state index contributed by atoms with van der Waals surface area (Å²) >= 11 is 1.66. The first-order chi connectivity index (χ1) is 9.65. The Kier molecular flexibility index (Phi) is 4.89. The first-order valence-corrected chi connectivity index (χ1v) is 7.79. The van der Waals surface area contributed by atoms with Crippen molar-refractivity contribution in [2.75, 3.05) is 19.3 Å². The van der Waals surface area contributed by atoms with Crippen LogP contribution < -0.4 is 5.73 Å². The monoisotopic (exact) mass is 293 g/mol. The van der Waals surface area contributed by atoms with Crippen molar-refractivity contribution in [3.8, 4) is 0 Å². The molecule has 6 heteroatoms. The molecule has 3 N–H and O–H groups in total. The Balaban J connectivity index is 1.97. The molecule has 20 heavy (non-hydrogen) atoms. The zero-order valence-corrected chi connectivity index (χ0v) is 12.3. The van der Waals surface area contributed by atoms with E-state index in [1.165, 1.54) is 0 Å². The highest BCUT2D eigenvalue weighted by Crippen LogP contribution is 2.20. The molecule has 108 valence electrons. The topological polar surface area (TPSA) is 78.9 Å². The molecule has 0 bridgehead atoms. The fraction of sp³-hybridized carbons (Fsp3) is 0.429. The van der Waals surface area contributed by atoms with Gasteiger partial charge in [-0.15, -0.1) is 11.8 Å². The molecule has 5 nitrogen and oxygen atoms in total. The molecular formula is C14H19N3O2S. The van der Waals surface area contributed by atoms with Crippen LogP contribution in [0.15, 0.2) is 34.3 Å². The van der Waals surface area contributed by atoms with Gasteiger partial charge >= 0.3 is 0 Å². The lowest BCUT2D eigenvalue weighted by Gasteiger charge is -2.31. The van der Waals surface area contributed by atoms with Gasteiger partial charge in [0.25, 0.3) is 5.91 Å². The number of benzene rings is 1. The van der Waals surface area contributed by atoms with Crippen LogP contribution in [0.5, 0.6) is 0 Å². The molecule has 1 aliphatic rings. The van der Waals surface area contributed by atoms with E-state index in [-0.39, 0.29) is 17.7 Å². The van der Waals surface area contributed by atoms with Crippen LogP contribution in [0.2, 0.25) is 0 Å². The number of nitrogens with two attached hydrogens (primary N) is 1. The number of amidine groups is 1. The molecular weight excluding hydrogens is 274 g/mol. The second-order valence-corrected chi connectivity index (χ2v) is 5.70. The standard InChI is InChI=1S/C14H19N3O2S/c1-20-12-4-2-11(3-5-12)14(18)17-8-6-10(7-9-17)13(15)16-19/h2-5,10,19H,6-9H2,1H3,(H2,15,16). The zero-order valence-electron chi connectivity index (χ0n) is 11.5. The van der Waals surface area contributed by atoms with Crippen molar-refractivity contribution < 1.29 is 10.0 Å². The third-order valence-corrected chi connectivity index (χ3v) is 4.40. The van der Waals surface area contributed by atoms with Crippen molar-refractivity contribution in [2.24, 2.45) is 16.8 Å². The highest BCUT2D eigenvalue weighted by molar-refractivity contribution is 7.98. The summed E-state index contributed by atoms with van der Waals surface area (Å²) in [6.07, 6.45) is 3.49. The Morgan fingerprint density at radius 3 is 2.45 bits per heavy atom. The van der Waals surface area contributed by atoms with Gasteiger partial charge in [0.05, 0.1) is 0 Å². The molecule has 0 spiro atoms. The molecule has 1 aromatic rings. The maximum absolute atomic E-state index is 12.4. The highest BCUT2D eigenvalue weighted by atomic mass is 32.2. The molecule has 0 radical (unpaired) electrons. The second kappa shape index (κ2) is 6.65. The third kappa shape index (κ3) is 3.25. The van der Waals surface area contributed by atoms with E-state index in [4.69, 9.17) is 10.9 Å². The number of oxime groups is 1. The van der Waals surface area contributed by atoms with Crippen molar-refractivity contribution in [3.63, 3.8) is 0 Å². The minimum Gasteiger partial charge on any atom is -0.409 e. The van der Waals surface area contributed by atoms with Crippen molar-refractivity contribution in [1.82, 2.24) is 4.90 Å². The minimum absolute atomic E-state index is 0.0515. The molecule has 0 saturated carbocycles. The summed E-state index contributed by atoms with van der Waals surface area (Å²) in [5, 5.41) is 11.7. The maximum atomic E-state index is 12.4. The molecule has 1 amide bonds. The Bertz CT molecular complexity index is 494. The molecule has 1 saturated heterocycles. The molecule has 1 fully saturated rings. The molecule has 0 aromatic heterocycles. The van der Waals surface area contributed by atoms with Crippen LogP contribution in [-0.2, 0) is 0 Å². The van der Waals surface area contributed by atoms with Crippen LogP contribution in [0.25, 0.3) is 0 Å². The average Bonchev–Trinajstić information content (AvgIpc) is 2.53. The number of hydrogen-bond donors (Lipinski definition) is 2. The zero-order chi connectivity index (χ0) is 14.5. The van der Waals surface area contributed by atoms with Crippen molar-refractivity contribution in [1.29, 1.82) is 0 Å². The summed E-state index contributed by atoms with van der Waals surface area (Å²) in [6.45, 7) is 1.29. The number of carbonyl (C=O) groups excluding carboxylic acids is 1. The van der Waals surface area contributed by atoms with Crippen molar-refractivity contribution in [3.05, 3.63) is 29.8 Å².